The van der Waals surface area contributed by atoms with Crippen LogP contribution in [0.3, 0.4) is 0 Å². The molecule has 25 heavy (non-hydrogen) atoms. The van der Waals surface area contributed by atoms with Gasteiger partial charge < -0.3 is 0 Å². The molecule has 0 aliphatic heterocycles. The summed E-state index contributed by atoms with van der Waals surface area (Å²) in [7, 11) is -8.93. The van der Waals surface area contributed by atoms with Gasteiger partial charge in [0.15, 0.2) is 0 Å². The minimum atomic E-state index is -4.49. The molecule has 3 rings (SSSR count). The van der Waals surface area contributed by atoms with E-state index in [1.54, 1.807) is 24.3 Å². The lowest BCUT2D eigenvalue weighted by Crippen LogP contribution is -2.01. The van der Waals surface area contributed by atoms with E-state index < -0.39 is 20.2 Å². The van der Waals surface area contributed by atoms with Crippen LogP contribution in [0, 0.1) is 0 Å². The van der Waals surface area contributed by atoms with E-state index in [1.807, 2.05) is 0 Å². The molecule has 3 aromatic rings. The summed E-state index contributed by atoms with van der Waals surface area (Å²) in [5, 5.41) is 1.03. The maximum atomic E-state index is 11.6. The van der Waals surface area contributed by atoms with Crippen LogP contribution >= 0.6 is 11.6 Å². The third kappa shape index (κ3) is 3.53. The van der Waals surface area contributed by atoms with Crippen LogP contribution in [0.4, 0.5) is 0 Å². The average molecular weight is 399 g/mol. The van der Waals surface area contributed by atoms with Crippen LogP contribution in [0.25, 0.3) is 21.9 Å². The van der Waals surface area contributed by atoms with Gasteiger partial charge in [0.2, 0.25) is 0 Å². The fraction of sp³-hybridized carbons (Fsp3) is 0. The van der Waals surface area contributed by atoms with Crippen LogP contribution in [0.5, 0.6) is 0 Å². The highest BCUT2D eigenvalue weighted by molar-refractivity contribution is 7.86. The molecule has 130 valence electrons. The first kappa shape index (κ1) is 17.8. The van der Waals surface area contributed by atoms with E-state index in [1.165, 1.54) is 24.3 Å². The van der Waals surface area contributed by atoms with Gasteiger partial charge in [-0.2, -0.15) is 16.8 Å². The molecule has 0 radical (unpaired) electrons. The van der Waals surface area contributed by atoms with Gasteiger partial charge in [-0.05, 0) is 46.7 Å². The van der Waals surface area contributed by atoms with Gasteiger partial charge in [0.05, 0.1) is 9.79 Å². The Labute approximate surface area is 149 Å². The van der Waals surface area contributed by atoms with Crippen molar-refractivity contribution in [3.8, 4) is 11.1 Å². The Hall–Kier alpha value is -1.97. The van der Waals surface area contributed by atoms with E-state index >= 15 is 0 Å². The van der Waals surface area contributed by atoms with E-state index in [0.29, 0.717) is 26.9 Å². The maximum Gasteiger partial charge on any atom is 0.294 e. The Balaban J connectivity index is 2.47. The molecule has 0 saturated carbocycles. The van der Waals surface area contributed by atoms with Crippen LogP contribution in [0.2, 0.25) is 5.02 Å². The zero-order chi connectivity index (χ0) is 18.4. The average Bonchev–Trinajstić information content (AvgIpc) is 2.52. The molecule has 0 aliphatic carbocycles. The van der Waals surface area contributed by atoms with Crippen molar-refractivity contribution in [2.45, 2.75) is 9.79 Å². The molecular formula is C16H11ClO6S2. The van der Waals surface area contributed by atoms with Crippen LogP contribution in [0.1, 0.15) is 0 Å². The first-order valence-electron chi connectivity index (χ1n) is 6.85. The van der Waals surface area contributed by atoms with Crippen molar-refractivity contribution in [3.63, 3.8) is 0 Å². The van der Waals surface area contributed by atoms with Crippen LogP contribution in [-0.4, -0.2) is 25.9 Å². The summed E-state index contributed by atoms with van der Waals surface area (Å²) in [4.78, 5) is -0.692. The quantitative estimate of drug-likeness (QED) is 0.652. The van der Waals surface area contributed by atoms with Crippen molar-refractivity contribution >= 4 is 42.6 Å². The zero-order valence-electron chi connectivity index (χ0n) is 12.4. The number of hydrogen-bond donors (Lipinski definition) is 2. The highest BCUT2D eigenvalue weighted by Gasteiger charge is 2.18. The smallest absolute Gasteiger partial charge is 0.282 e. The van der Waals surface area contributed by atoms with Gasteiger partial charge in [-0.1, -0.05) is 35.9 Å². The molecule has 0 amide bonds. The van der Waals surface area contributed by atoms with Crippen LogP contribution in [0.15, 0.2) is 64.4 Å². The molecule has 9 heteroatoms. The molecule has 0 atom stereocenters. The van der Waals surface area contributed by atoms with Gasteiger partial charge in [-0.25, -0.2) is 0 Å². The zero-order valence-corrected chi connectivity index (χ0v) is 14.8. The SMILES string of the molecule is O=S(=O)(O)c1cc(-c2ccccc2Cl)c2cc(S(=O)(=O)O)ccc2c1. The van der Waals surface area contributed by atoms with E-state index in [0.717, 1.165) is 6.07 Å². The van der Waals surface area contributed by atoms with Crippen molar-refractivity contribution in [3.05, 3.63) is 59.6 Å². The summed E-state index contributed by atoms with van der Waals surface area (Å²) in [6.45, 7) is 0. The summed E-state index contributed by atoms with van der Waals surface area (Å²) in [5.74, 6) is 0. The van der Waals surface area contributed by atoms with Crippen LogP contribution < -0.4 is 0 Å². The van der Waals surface area contributed by atoms with Gasteiger partial charge >= 0.3 is 0 Å². The highest BCUT2D eigenvalue weighted by Crippen LogP contribution is 2.36. The van der Waals surface area contributed by atoms with Gasteiger partial charge in [0.1, 0.15) is 0 Å². The van der Waals surface area contributed by atoms with Gasteiger partial charge in [0, 0.05) is 10.6 Å². The highest BCUT2D eigenvalue weighted by atomic mass is 35.5. The van der Waals surface area contributed by atoms with Crippen LogP contribution in [-0.2, 0) is 20.2 Å². The minimum absolute atomic E-state index is 0.307. The lowest BCUT2D eigenvalue weighted by Gasteiger charge is -2.12. The molecule has 6 nitrogen and oxygen atoms in total. The lowest BCUT2D eigenvalue weighted by atomic mass is 9.98. The van der Waals surface area contributed by atoms with Crippen molar-refractivity contribution in [2.24, 2.45) is 0 Å². The van der Waals surface area contributed by atoms with Crippen molar-refractivity contribution < 1.29 is 25.9 Å². The number of halogens is 1. The Morgan fingerprint density at radius 1 is 0.720 bits per heavy atom. The molecule has 0 bridgehead atoms. The fourth-order valence-electron chi connectivity index (χ4n) is 2.52. The Morgan fingerprint density at radius 2 is 1.36 bits per heavy atom. The Morgan fingerprint density at radius 3 is 1.96 bits per heavy atom. The molecular weight excluding hydrogens is 388 g/mol. The van der Waals surface area contributed by atoms with Crippen molar-refractivity contribution in [1.29, 1.82) is 0 Å². The third-order valence-electron chi connectivity index (χ3n) is 3.66. The Kier molecular flexibility index (Phi) is 4.34. The summed E-state index contributed by atoms with van der Waals surface area (Å²) >= 11 is 6.18. The summed E-state index contributed by atoms with van der Waals surface area (Å²) in [6.07, 6.45) is 0. The normalized spacial score (nSPS) is 12.4. The first-order chi connectivity index (χ1) is 11.6. The summed E-state index contributed by atoms with van der Waals surface area (Å²) in [6, 6.07) is 12.7. The predicted octanol–water partition coefficient (Wildman–Crippen LogP) is 3.65. The number of hydrogen-bond acceptors (Lipinski definition) is 4. The fourth-order valence-corrected chi connectivity index (χ4v) is 3.81. The van der Waals surface area contributed by atoms with E-state index in [4.69, 9.17) is 11.6 Å². The molecule has 0 unspecified atom stereocenters. The standard InChI is InChI=1S/C16H11ClO6S2/c17-16-4-2-1-3-13(16)15-9-12(25(21,22)23)7-10-5-6-11(8-14(10)15)24(18,19)20/h1-9H,(H,18,19,20)(H,21,22,23). The molecule has 0 aromatic heterocycles. The second-order valence-corrected chi connectivity index (χ2v) is 8.53. The number of fused-ring (bicyclic) bond motifs is 1. The van der Waals surface area contributed by atoms with E-state index in [2.05, 4.69) is 0 Å². The van der Waals surface area contributed by atoms with E-state index in [-0.39, 0.29) is 9.79 Å². The van der Waals surface area contributed by atoms with Crippen molar-refractivity contribution in [2.75, 3.05) is 0 Å². The molecule has 0 saturated heterocycles. The molecule has 2 N–H and O–H groups in total. The molecule has 0 fully saturated rings. The van der Waals surface area contributed by atoms with Crippen molar-refractivity contribution in [1.82, 2.24) is 0 Å². The summed E-state index contributed by atoms with van der Waals surface area (Å²) in [5.41, 5.74) is 0.758. The second-order valence-electron chi connectivity index (χ2n) is 5.28. The molecule has 3 aromatic carbocycles. The topological polar surface area (TPSA) is 109 Å². The number of rotatable bonds is 3. The maximum absolute atomic E-state index is 11.6. The number of benzene rings is 3. The lowest BCUT2D eigenvalue weighted by molar-refractivity contribution is 0.481. The predicted molar refractivity (Wildman–Crippen MR) is 94.0 cm³/mol. The molecule has 0 spiro atoms. The van der Waals surface area contributed by atoms with Gasteiger partial charge in [0.25, 0.3) is 20.2 Å². The summed E-state index contributed by atoms with van der Waals surface area (Å²) < 4.78 is 64.6. The van der Waals surface area contributed by atoms with E-state index in [9.17, 15) is 25.9 Å². The molecule has 0 aliphatic rings. The molecule has 0 heterocycles. The minimum Gasteiger partial charge on any atom is -0.282 e. The monoisotopic (exact) mass is 398 g/mol. The third-order valence-corrected chi connectivity index (χ3v) is 5.67. The second kappa shape index (κ2) is 6.08. The Bertz CT molecular complexity index is 1200. The first-order valence-corrected chi connectivity index (χ1v) is 10.1. The largest absolute Gasteiger partial charge is 0.294 e. The van der Waals surface area contributed by atoms with Gasteiger partial charge in [-0.3, -0.25) is 9.11 Å². The van der Waals surface area contributed by atoms with Gasteiger partial charge in [-0.15, -0.1) is 0 Å².